The molecule has 63 heavy (non-hydrogen) atoms. The van der Waals surface area contributed by atoms with Crippen LogP contribution < -0.4 is 38.5 Å². The molecule has 3 aromatic heterocycles. The number of fused-ring (bicyclic) bond motifs is 2. The van der Waals surface area contributed by atoms with E-state index in [9.17, 15) is 53.4 Å². The number of aromatic amines is 3. The van der Waals surface area contributed by atoms with Crippen LogP contribution in [0.3, 0.4) is 0 Å². The molecule has 0 spiro atoms. The molecule has 0 radical (unpaired) electrons. The highest BCUT2D eigenvalue weighted by Gasteiger charge is 2.53. The van der Waals surface area contributed by atoms with Gasteiger partial charge in [0.15, 0.2) is 0 Å². The number of hydrogen-bond donors (Lipinski definition) is 12. The number of carboxylic acid groups (broad SMARTS) is 4. The fourth-order valence-electron chi connectivity index (χ4n) is 7.50. The van der Waals surface area contributed by atoms with Crippen LogP contribution in [-0.4, -0.2) is 99.0 Å². The summed E-state index contributed by atoms with van der Waals surface area (Å²) in [7, 11) is 0. The van der Waals surface area contributed by atoms with Crippen LogP contribution in [0.5, 0.6) is 0 Å². The molecule has 0 unspecified atom stereocenters. The van der Waals surface area contributed by atoms with Gasteiger partial charge in [-0.3, -0.25) is 33.6 Å². The maximum atomic E-state index is 14.5. The van der Waals surface area contributed by atoms with Gasteiger partial charge in [-0.2, -0.15) is 9.97 Å². The Bertz CT molecular complexity index is 2780. The number of aromatic nitrogens is 5. The number of nitrogen functional groups attached to an aromatic ring is 2. The number of anilines is 3. The number of nitrogens with two attached hydrogens (primary N) is 2. The van der Waals surface area contributed by atoms with Crippen LogP contribution in [0.4, 0.5) is 17.7 Å². The van der Waals surface area contributed by atoms with Crippen molar-refractivity contribution in [2.45, 2.75) is 68.9 Å². The van der Waals surface area contributed by atoms with E-state index in [1.807, 2.05) is 0 Å². The molecular weight excluding hydrogens is 828 g/mol. The summed E-state index contributed by atoms with van der Waals surface area (Å²) < 4.78 is 0. The topological polar surface area (TPSA) is 396 Å². The maximum absolute atomic E-state index is 14.5. The van der Waals surface area contributed by atoms with E-state index in [1.165, 1.54) is 24.3 Å². The average Bonchev–Trinajstić information content (AvgIpc) is 3.73. The number of rotatable bonds is 19. The van der Waals surface area contributed by atoms with Crippen LogP contribution in [-0.2, 0) is 48.7 Å². The monoisotopic (exact) mass is 868 g/mol. The lowest BCUT2D eigenvalue weighted by atomic mass is 9.73. The standard InChI is InChI=1S/C40H40N10O13/c41-38-47-29-26(33(57)49-38)21(10-5-17-1-6-19(7-2-17)31(55)43-22(35(59)60)11-13-24(51)52)28(45-29)40(27-30(46-37(40)63)48-39(42)50-34(27)58)16-15-18-3-8-20(9-4-18)32(56)44-23(36(61)62)12-14-25(53)54/h1-4,6-9,22-23H,5,10-16H2,(H,43,55)(H,44,56)(H,51,52)(H,53,54)(H,59,60)(H,61,62)(H4,41,45,47,49,57)(H4,42,46,48,50,58,63)/t22-,23-,40-/m0/s1. The summed E-state index contributed by atoms with van der Waals surface area (Å²) >= 11 is 0. The average molecular weight is 869 g/mol. The van der Waals surface area contributed by atoms with Crippen LogP contribution in [0.15, 0.2) is 58.1 Å². The van der Waals surface area contributed by atoms with E-state index >= 15 is 0 Å². The van der Waals surface area contributed by atoms with Crippen molar-refractivity contribution in [2.75, 3.05) is 16.8 Å². The van der Waals surface area contributed by atoms with E-state index in [-0.39, 0.29) is 95.2 Å². The largest absolute Gasteiger partial charge is 0.481 e. The Kier molecular flexibility index (Phi) is 12.7. The van der Waals surface area contributed by atoms with Gasteiger partial charge in [0.1, 0.15) is 29.0 Å². The molecule has 23 nitrogen and oxygen atoms in total. The third kappa shape index (κ3) is 9.51. The van der Waals surface area contributed by atoms with Crippen molar-refractivity contribution >= 4 is 70.3 Å². The molecule has 4 heterocycles. The third-order valence-corrected chi connectivity index (χ3v) is 10.6. The van der Waals surface area contributed by atoms with E-state index in [0.29, 0.717) is 11.1 Å². The second kappa shape index (κ2) is 18.1. The zero-order chi connectivity index (χ0) is 45.7. The Balaban J connectivity index is 1.33. The number of carboxylic acids is 4. The van der Waals surface area contributed by atoms with Crippen molar-refractivity contribution in [3.8, 4) is 0 Å². The summed E-state index contributed by atoms with van der Waals surface area (Å²) in [4.78, 5) is 129. The van der Waals surface area contributed by atoms with Gasteiger partial charge >= 0.3 is 23.9 Å². The molecule has 1 aliphatic heterocycles. The number of amides is 3. The third-order valence-electron chi connectivity index (χ3n) is 10.6. The van der Waals surface area contributed by atoms with Gasteiger partial charge in [-0.05, 0) is 79.5 Å². The fraction of sp³-hybridized carbons (Fsp3) is 0.275. The number of carbonyl (C=O) groups is 7. The molecule has 0 bridgehead atoms. The minimum absolute atomic E-state index is 0.0315. The lowest BCUT2D eigenvalue weighted by Crippen LogP contribution is -2.41. The zero-order valence-corrected chi connectivity index (χ0v) is 32.9. The van der Waals surface area contributed by atoms with Crippen molar-refractivity contribution in [3.05, 3.63) is 108 Å². The predicted molar refractivity (Wildman–Crippen MR) is 220 cm³/mol. The van der Waals surface area contributed by atoms with Gasteiger partial charge in [-0.25, -0.2) is 9.59 Å². The molecule has 1 aliphatic rings. The summed E-state index contributed by atoms with van der Waals surface area (Å²) in [6, 6.07) is 9.06. The lowest BCUT2D eigenvalue weighted by Gasteiger charge is -2.27. The summed E-state index contributed by atoms with van der Waals surface area (Å²) in [6.45, 7) is 0. The number of nitrogens with zero attached hydrogens (tertiary/aromatic N) is 2. The first-order chi connectivity index (χ1) is 29.9. The Morgan fingerprint density at radius 1 is 0.651 bits per heavy atom. The van der Waals surface area contributed by atoms with Crippen LogP contribution in [0, 0.1) is 0 Å². The number of benzene rings is 2. The van der Waals surface area contributed by atoms with E-state index in [4.69, 9.17) is 21.7 Å². The molecule has 3 atom stereocenters. The molecule has 0 saturated heterocycles. The van der Waals surface area contributed by atoms with Gasteiger partial charge in [0.2, 0.25) is 17.8 Å². The molecular formula is C40H40N10O13. The summed E-state index contributed by atoms with van der Waals surface area (Å²) in [5, 5.41) is 44.2. The Morgan fingerprint density at radius 3 is 1.65 bits per heavy atom. The van der Waals surface area contributed by atoms with E-state index in [2.05, 4.69) is 40.9 Å². The molecule has 0 fully saturated rings. The van der Waals surface area contributed by atoms with Crippen molar-refractivity contribution in [2.24, 2.45) is 0 Å². The van der Waals surface area contributed by atoms with Gasteiger partial charge < -0.3 is 62.8 Å². The van der Waals surface area contributed by atoms with E-state index in [1.54, 1.807) is 24.3 Å². The highest BCUT2D eigenvalue weighted by molar-refractivity contribution is 6.08. The van der Waals surface area contributed by atoms with E-state index < -0.39 is 83.1 Å². The van der Waals surface area contributed by atoms with Gasteiger partial charge in [-0.1, -0.05) is 24.3 Å². The second-order valence-electron chi connectivity index (χ2n) is 14.7. The quantitative estimate of drug-likeness (QED) is 0.0529. The zero-order valence-electron chi connectivity index (χ0n) is 32.9. The Morgan fingerprint density at radius 2 is 1.14 bits per heavy atom. The molecule has 2 aromatic carbocycles. The van der Waals surface area contributed by atoms with Crippen LogP contribution in [0.25, 0.3) is 11.0 Å². The molecule has 328 valence electrons. The molecule has 5 aromatic rings. The highest BCUT2D eigenvalue weighted by atomic mass is 16.4. The van der Waals surface area contributed by atoms with Crippen molar-refractivity contribution < 1.29 is 54.0 Å². The Hall–Kier alpha value is -8.37. The minimum Gasteiger partial charge on any atom is -0.481 e. The summed E-state index contributed by atoms with van der Waals surface area (Å²) in [5.74, 6) is -8.03. The summed E-state index contributed by atoms with van der Waals surface area (Å²) in [6.07, 6.45) is -1.47. The predicted octanol–water partition coefficient (Wildman–Crippen LogP) is 0.251. The SMILES string of the molecule is Nc1nc(=O)c2c([nH]1)NC(=O)[C@]2(CCc1ccc(C(=O)N[C@@H](CCC(=O)O)C(=O)O)cc1)c1[nH]c2[nH]c(N)nc(=O)c2c1CCc1ccc(C(=O)N[C@@H](CCC(=O)O)C(=O)O)cc1. The molecule has 0 saturated carbocycles. The van der Waals surface area contributed by atoms with Gasteiger partial charge in [0.25, 0.3) is 22.9 Å². The first-order valence-corrected chi connectivity index (χ1v) is 19.2. The minimum atomic E-state index is -1.87. The number of carbonyl (C=O) groups excluding carboxylic acids is 3. The molecule has 23 heteroatoms. The number of H-pyrrole nitrogens is 3. The molecule has 6 rings (SSSR count). The van der Waals surface area contributed by atoms with Gasteiger partial charge in [0.05, 0.1) is 10.9 Å². The fourth-order valence-corrected chi connectivity index (χ4v) is 7.50. The van der Waals surface area contributed by atoms with Crippen molar-refractivity contribution in [1.29, 1.82) is 0 Å². The number of hydrogen-bond acceptors (Lipinski definition) is 13. The second-order valence-corrected chi connectivity index (χ2v) is 14.7. The van der Waals surface area contributed by atoms with Crippen LogP contribution >= 0.6 is 0 Å². The van der Waals surface area contributed by atoms with Crippen LogP contribution in [0.2, 0.25) is 0 Å². The lowest BCUT2D eigenvalue weighted by molar-refractivity contribution is -0.142. The summed E-state index contributed by atoms with van der Waals surface area (Å²) in [5.41, 5.74) is 10.0. The first-order valence-electron chi connectivity index (χ1n) is 19.2. The smallest absolute Gasteiger partial charge is 0.326 e. The van der Waals surface area contributed by atoms with Gasteiger partial charge in [-0.15, -0.1) is 0 Å². The van der Waals surface area contributed by atoms with E-state index in [0.717, 1.165) is 0 Å². The Labute approximate surface area is 353 Å². The molecule has 14 N–H and O–H groups in total. The molecule has 3 amide bonds. The number of aryl methyl sites for hydroxylation is 3. The number of aliphatic carboxylic acids is 4. The normalized spacial score (nSPS) is 15.2. The van der Waals surface area contributed by atoms with Gasteiger partial charge in [0, 0.05) is 29.7 Å². The van der Waals surface area contributed by atoms with Crippen molar-refractivity contribution in [3.63, 3.8) is 0 Å². The maximum Gasteiger partial charge on any atom is 0.326 e. The first kappa shape index (κ1) is 44.2. The van der Waals surface area contributed by atoms with Crippen LogP contribution in [0.1, 0.15) is 80.8 Å². The van der Waals surface area contributed by atoms with Crippen molar-refractivity contribution in [1.82, 2.24) is 35.6 Å². The number of nitrogens with one attached hydrogen (secondary N) is 6. The highest BCUT2D eigenvalue weighted by Crippen LogP contribution is 2.46. The molecule has 0 aliphatic carbocycles.